The minimum absolute atomic E-state index is 0.222. The fraction of sp³-hybridized carbons (Fsp3) is 0.314. The van der Waals surface area contributed by atoms with Crippen LogP contribution in [0.5, 0.6) is 0 Å². The maximum absolute atomic E-state index is 13.8. The quantitative estimate of drug-likeness (QED) is 0.164. The molecule has 286 valence electrons. The van der Waals surface area contributed by atoms with Gasteiger partial charge in [0.25, 0.3) is 40.5 Å². The third-order valence-corrected chi connectivity index (χ3v) is 13.4. The number of hydrogen-bond acceptors (Lipinski definition) is 14. The lowest BCUT2D eigenvalue weighted by atomic mass is 10.0. The highest BCUT2D eigenvalue weighted by molar-refractivity contribution is 7.87. The molecule has 0 aliphatic carbocycles. The van der Waals surface area contributed by atoms with Gasteiger partial charge in [0.2, 0.25) is 0 Å². The van der Waals surface area contributed by atoms with Crippen molar-refractivity contribution in [2.45, 2.75) is 71.7 Å². The van der Waals surface area contributed by atoms with Gasteiger partial charge in [0.1, 0.15) is 31.2 Å². The van der Waals surface area contributed by atoms with Gasteiger partial charge in [-0.05, 0) is 76.2 Å². The molecule has 0 radical (unpaired) electrons. The number of rotatable bonds is 14. The van der Waals surface area contributed by atoms with E-state index in [-0.39, 0.29) is 19.6 Å². The Bertz CT molecular complexity index is 2140. The molecule has 0 amide bonds. The van der Waals surface area contributed by atoms with Crippen LogP contribution in [0.25, 0.3) is 0 Å². The number of hydrogen-bond donors (Lipinski definition) is 0. The van der Waals surface area contributed by atoms with Crippen LogP contribution in [0.15, 0.2) is 117 Å². The monoisotopic (exact) mass is 810 g/mol. The molecule has 1 aliphatic heterocycles. The summed E-state index contributed by atoms with van der Waals surface area (Å²) >= 11 is 0. The van der Waals surface area contributed by atoms with Gasteiger partial charge < -0.3 is 9.47 Å². The molecule has 0 spiro atoms. The maximum Gasteiger partial charge on any atom is 0.297 e. The molecule has 0 aromatic heterocycles. The molecule has 4 aromatic rings. The van der Waals surface area contributed by atoms with E-state index in [1.807, 2.05) is 0 Å². The van der Waals surface area contributed by atoms with Crippen LogP contribution in [0.2, 0.25) is 0 Å². The van der Waals surface area contributed by atoms with Crippen molar-refractivity contribution < 1.29 is 59.9 Å². The van der Waals surface area contributed by atoms with Crippen LogP contribution in [0.3, 0.4) is 0 Å². The van der Waals surface area contributed by atoms with Gasteiger partial charge in [-0.1, -0.05) is 70.8 Å². The molecule has 18 heteroatoms. The van der Waals surface area contributed by atoms with Crippen molar-refractivity contribution in [3.63, 3.8) is 0 Å². The first kappa shape index (κ1) is 40.6. The van der Waals surface area contributed by atoms with E-state index in [0.717, 1.165) is 22.3 Å². The summed E-state index contributed by atoms with van der Waals surface area (Å²) in [6.45, 7) is 4.40. The van der Waals surface area contributed by atoms with E-state index in [1.54, 1.807) is 52.0 Å². The zero-order chi connectivity index (χ0) is 38.6. The highest BCUT2D eigenvalue weighted by Crippen LogP contribution is 2.30. The first-order valence-corrected chi connectivity index (χ1v) is 21.6. The smallest absolute Gasteiger partial charge is 0.297 e. The van der Waals surface area contributed by atoms with Crippen molar-refractivity contribution in [1.29, 1.82) is 0 Å². The van der Waals surface area contributed by atoms with E-state index in [9.17, 15) is 33.7 Å². The number of aryl methyl sites for hydroxylation is 4. The Kier molecular flexibility index (Phi) is 12.6. The zero-order valence-corrected chi connectivity index (χ0v) is 32.3. The number of benzene rings is 4. The Labute approximate surface area is 310 Å². The Balaban J connectivity index is 1.57. The van der Waals surface area contributed by atoms with Gasteiger partial charge in [0.05, 0.1) is 32.8 Å². The molecular weight excluding hydrogens is 773 g/mol. The average molecular weight is 811 g/mol. The molecule has 5 rings (SSSR count). The lowest BCUT2D eigenvalue weighted by molar-refractivity contribution is -0.117. The molecule has 1 aliphatic rings. The summed E-state index contributed by atoms with van der Waals surface area (Å²) in [4.78, 5) is -1.12. The van der Waals surface area contributed by atoms with E-state index >= 15 is 0 Å². The molecule has 1 saturated heterocycles. The van der Waals surface area contributed by atoms with Gasteiger partial charge >= 0.3 is 0 Å². The first-order chi connectivity index (χ1) is 24.9. The molecular formula is C35H38O14S4. The summed E-state index contributed by atoms with van der Waals surface area (Å²) in [5.41, 5.74) is 2.99. The normalized spacial score (nSPS) is 20.2. The lowest BCUT2D eigenvalue weighted by Crippen LogP contribution is -2.51. The van der Waals surface area contributed by atoms with Crippen LogP contribution in [-0.2, 0) is 66.7 Å². The molecule has 4 aromatic carbocycles. The van der Waals surface area contributed by atoms with Crippen molar-refractivity contribution in [3.05, 3.63) is 119 Å². The van der Waals surface area contributed by atoms with Crippen LogP contribution >= 0.6 is 0 Å². The Morgan fingerprint density at radius 1 is 0.434 bits per heavy atom. The van der Waals surface area contributed by atoms with E-state index < -0.39 is 84.9 Å². The van der Waals surface area contributed by atoms with E-state index in [1.165, 1.54) is 72.8 Å². The summed E-state index contributed by atoms with van der Waals surface area (Å²) < 4.78 is 141. The molecule has 0 bridgehead atoms. The summed E-state index contributed by atoms with van der Waals surface area (Å²) in [5, 5.41) is 0. The second-order valence-corrected chi connectivity index (χ2v) is 18.7. The highest BCUT2D eigenvalue weighted by atomic mass is 32.2. The van der Waals surface area contributed by atoms with Gasteiger partial charge in [0.15, 0.2) is 0 Å². The Hall–Kier alpha value is -3.56. The second kappa shape index (κ2) is 16.4. The molecule has 4 unspecified atom stereocenters. The van der Waals surface area contributed by atoms with Crippen molar-refractivity contribution in [3.8, 4) is 0 Å². The predicted octanol–water partition coefficient (Wildman–Crippen LogP) is 4.32. The SMILES string of the molecule is Cc1ccc(S(=O)(=O)OCC2OCOC(COS(=O)(=O)c3ccc(C)cc3)C(OS(=O)(=O)c3ccc(C)cc3)C2OS(=O)(=O)c2ccc(C)cc2)cc1. The van der Waals surface area contributed by atoms with Crippen LogP contribution in [-0.4, -0.2) is 78.1 Å². The van der Waals surface area contributed by atoms with E-state index in [2.05, 4.69) is 0 Å². The van der Waals surface area contributed by atoms with Crippen molar-refractivity contribution in [2.75, 3.05) is 20.0 Å². The van der Waals surface area contributed by atoms with Gasteiger partial charge in [-0.3, -0.25) is 16.7 Å². The number of ether oxygens (including phenoxy) is 2. The predicted molar refractivity (Wildman–Crippen MR) is 190 cm³/mol. The third-order valence-electron chi connectivity index (χ3n) is 8.11. The Morgan fingerprint density at radius 2 is 0.679 bits per heavy atom. The topological polar surface area (TPSA) is 192 Å². The second-order valence-electron chi connectivity index (χ2n) is 12.3. The van der Waals surface area contributed by atoms with Gasteiger partial charge in [-0.2, -0.15) is 33.7 Å². The van der Waals surface area contributed by atoms with Gasteiger partial charge in [0, 0.05) is 0 Å². The highest BCUT2D eigenvalue weighted by Gasteiger charge is 2.47. The van der Waals surface area contributed by atoms with Crippen molar-refractivity contribution in [2.24, 2.45) is 0 Å². The summed E-state index contributed by atoms with van der Waals surface area (Å²) in [5.74, 6) is 0. The molecule has 14 nitrogen and oxygen atoms in total. The van der Waals surface area contributed by atoms with Crippen LogP contribution < -0.4 is 0 Å². The minimum atomic E-state index is -4.78. The summed E-state index contributed by atoms with van der Waals surface area (Å²) in [6, 6.07) is 22.4. The minimum Gasteiger partial charge on any atom is -0.347 e. The molecule has 1 heterocycles. The lowest BCUT2D eigenvalue weighted by Gasteiger charge is -2.32. The maximum atomic E-state index is 13.8. The third kappa shape index (κ3) is 10.4. The fourth-order valence-electron chi connectivity index (χ4n) is 5.02. The Morgan fingerprint density at radius 3 is 0.943 bits per heavy atom. The van der Waals surface area contributed by atoms with Crippen LogP contribution in [0.4, 0.5) is 0 Å². The van der Waals surface area contributed by atoms with Gasteiger partial charge in [-0.25, -0.2) is 0 Å². The average Bonchev–Trinajstić information content (AvgIpc) is 3.25. The van der Waals surface area contributed by atoms with Crippen LogP contribution in [0.1, 0.15) is 22.3 Å². The molecule has 4 atom stereocenters. The van der Waals surface area contributed by atoms with Gasteiger partial charge in [-0.15, -0.1) is 0 Å². The zero-order valence-electron chi connectivity index (χ0n) is 29.0. The summed E-state index contributed by atoms with van der Waals surface area (Å²) in [6.07, 6.45) is -7.47. The molecule has 1 fully saturated rings. The van der Waals surface area contributed by atoms with E-state index in [0.29, 0.717) is 0 Å². The molecule has 0 saturated carbocycles. The molecule has 53 heavy (non-hydrogen) atoms. The fourth-order valence-corrected chi connectivity index (χ4v) is 9.07. The van der Waals surface area contributed by atoms with Crippen molar-refractivity contribution in [1.82, 2.24) is 0 Å². The van der Waals surface area contributed by atoms with Crippen LogP contribution in [0, 0.1) is 27.7 Å². The largest absolute Gasteiger partial charge is 0.347 e. The summed E-state index contributed by atoms with van der Waals surface area (Å²) in [7, 11) is -18.5. The van der Waals surface area contributed by atoms with E-state index in [4.69, 9.17) is 26.2 Å². The standard InChI is InChI=1S/C35H38O14S4/c1-24-5-13-28(14-6-24)50(36,37)46-21-32-34(48-52(40,41)30-17-9-26(3)10-18-30)35(49-53(42,43)31-19-11-27(4)12-20-31)33(45-23-44-32)22-47-51(38,39)29-15-7-25(2)8-16-29/h5-20,32-35H,21-23H2,1-4H3. The molecule has 0 N–H and O–H groups in total. The van der Waals surface area contributed by atoms with Crippen molar-refractivity contribution >= 4 is 40.5 Å². The first-order valence-electron chi connectivity index (χ1n) is 16.0.